The number of carboxylic acid groups (broad SMARTS) is 2. The minimum Gasteiger partial charge on any atom is -0.481 e. The number of amides is 3. The minimum atomic E-state index is -1.51. The summed E-state index contributed by atoms with van der Waals surface area (Å²) < 4.78 is 0. The lowest BCUT2D eigenvalue weighted by atomic mass is 9.99. The van der Waals surface area contributed by atoms with Gasteiger partial charge in [0.05, 0.1) is 12.5 Å². The van der Waals surface area contributed by atoms with Gasteiger partial charge in [-0.2, -0.15) is 11.8 Å². The van der Waals surface area contributed by atoms with E-state index >= 15 is 0 Å². The van der Waals surface area contributed by atoms with Crippen LogP contribution in [0.15, 0.2) is 0 Å². The Balaban J connectivity index is 5.51. The molecule has 0 rings (SSSR count). The highest BCUT2D eigenvalue weighted by Gasteiger charge is 2.32. The second kappa shape index (κ2) is 15.5. The van der Waals surface area contributed by atoms with E-state index in [2.05, 4.69) is 16.0 Å². The molecule has 12 heteroatoms. The summed E-state index contributed by atoms with van der Waals surface area (Å²) in [6.07, 6.45) is 2.11. The van der Waals surface area contributed by atoms with Gasteiger partial charge in [0.2, 0.25) is 17.7 Å². The molecule has 0 saturated carbocycles. The molecule has 0 spiro atoms. The van der Waals surface area contributed by atoms with E-state index in [4.69, 9.17) is 5.73 Å². The molecule has 0 aliphatic rings. The van der Waals surface area contributed by atoms with Crippen molar-refractivity contribution in [1.82, 2.24) is 16.0 Å². The standard InChI is InChI=1S/C21H38N4O7S/c1-6-12(4)17(22)20(30)23-13(7-8-33-5)18(28)24-14(10-16(26)27)19(29)25-15(21(31)32)9-11(2)3/h11-15,17H,6-10,22H2,1-5H3,(H,23,30)(H,24,28)(H,25,29)(H,26,27)(H,31,32). The molecule has 0 bridgehead atoms. The van der Waals surface area contributed by atoms with Crippen LogP contribution >= 0.6 is 11.8 Å². The lowest BCUT2D eigenvalue weighted by molar-refractivity contribution is -0.144. The largest absolute Gasteiger partial charge is 0.481 e. The van der Waals surface area contributed by atoms with Gasteiger partial charge in [-0.25, -0.2) is 4.79 Å². The number of hydrogen-bond acceptors (Lipinski definition) is 7. The van der Waals surface area contributed by atoms with Gasteiger partial charge in [-0.15, -0.1) is 0 Å². The molecule has 0 fully saturated rings. The molecule has 5 unspecified atom stereocenters. The molecule has 0 heterocycles. The monoisotopic (exact) mass is 490 g/mol. The van der Waals surface area contributed by atoms with Gasteiger partial charge in [0.25, 0.3) is 0 Å². The number of hydrogen-bond donors (Lipinski definition) is 6. The lowest BCUT2D eigenvalue weighted by Crippen LogP contribution is -2.58. The highest BCUT2D eigenvalue weighted by Crippen LogP contribution is 2.09. The van der Waals surface area contributed by atoms with E-state index in [-0.39, 0.29) is 24.7 Å². The second-order valence-electron chi connectivity index (χ2n) is 8.44. The lowest BCUT2D eigenvalue weighted by Gasteiger charge is -2.25. The molecule has 0 aromatic heterocycles. The number of rotatable bonds is 16. The van der Waals surface area contributed by atoms with E-state index in [0.717, 1.165) is 0 Å². The summed E-state index contributed by atoms with van der Waals surface area (Å²) in [6, 6.07) is -4.60. The average Bonchev–Trinajstić information content (AvgIpc) is 2.73. The summed E-state index contributed by atoms with van der Waals surface area (Å²) in [5.41, 5.74) is 5.94. The summed E-state index contributed by atoms with van der Waals surface area (Å²) in [4.78, 5) is 60.7. The number of carboxylic acids is 2. The van der Waals surface area contributed by atoms with E-state index in [9.17, 15) is 34.2 Å². The number of carbonyl (C=O) groups excluding carboxylic acids is 3. The van der Waals surface area contributed by atoms with Gasteiger partial charge in [0, 0.05) is 0 Å². The van der Waals surface area contributed by atoms with Crippen molar-refractivity contribution in [3.63, 3.8) is 0 Å². The van der Waals surface area contributed by atoms with E-state index in [1.165, 1.54) is 11.8 Å². The zero-order valence-corrected chi connectivity index (χ0v) is 20.7. The fraction of sp³-hybridized carbons (Fsp3) is 0.762. The molecule has 0 aromatic carbocycles. The summed E-state index contributed by atoms with van der Waals surface area (Å²) >= 11 is 1.45. The first-order chi connectivity index (χ1) is 15.3. The first-order valence-corrected chi connectivity index (χ1v) is 12.3. The van der Waals surface area contributed by atoms with Crippen molar-refractivity contribution in [2.24, 2.45) is 17.6 Å². The Hall–Kier alpha value is -2.34. The van der Waals surface area contributed by atoms with Crippen LogP contribution in [-0.2, 0) is 24.0 Å². The molecule has 11 nitrogen and oxygen atoms in total. The van der Waals surface area contributed by atoms with Gasteiger partial charge >= 0.3 is 11.9 Å². The number of carbonyl (C=O) groups is 5. The Bertz CT molecular complexity index is 690. The van der Waals surface area contributed by atoms with Gasteiger partial charge in [-0.05, 0) is 36.7 Å². The second-order valence-corrected chi connectivity index (χ2v) is 9.43. The zero-order chi connectivity index (χ0) is 25.7. The van der Waals surface area contributed by atoms with Crippen LogP contribution < -0.4 is 21.7 Å². The van der Waals surface area contributed by atoms with Crippen LogP contribution in [0.5, 0.6) is 0 Å². The predicted octanol–water partition coefficient (Wildman–Crippen LogP) is 0.173. The van der Waals surface area contributed by atoms with Crippen molar-refractivity contribution < 1.29 is 34.2 Å². The SMILES string of the molecule is CCC(C)C(N)C(=O)NC(CCSC)C(=O)NC(CC(=O)O)C(=O)NC(CC(C)C)C(=O)O. The maximum atomic E-state index is 12.9. The third-order valence-electron chi connectivity index (χ3n) is 5.14. The van der Waals surface area contributed by atoms with Gasteiger partial charge < -0.3 is 31.9 Å². The molecular formula is C21H38N4O7S. The van der Waals surface area contributed by atoms with E-state index < -0.39 is 60.2 Å². The summed E-state index contributed by atoms with van der Waals surface area (Å²) in [7, 11) is 0. The first-order valence-electron chi connectivity index (χ1n) is 10.9. The zero-order valence-electron chi connectivity index (χ0n) is 19.9. The smallest absolute Gasteiger partial charge is 0.326 e. The van der Waals surface area contributed by atoms with Crippen molar-refractivity contribution in [1.29, 1.82) is 0 Å². The normalized spacial score (nSPS) is 15.6. The summed E-state index contributed by atoms with van der Waals surface area (Å²) in [6.45, 7) is 7.25. The summed E-state index contributed by atoms with van der Waals surface area (Å²) in [5, 5.41) is 25.8. The Labute approximate surface area is 199 Å². The molecule has 3 amide bonds. The third kappa shape index (κ3) is 11.9. The van der Waals surface area contributed by atoms with Crippen LogP contribution in [0.1, 0.15) is 53.4 Å². The van der Waals surface area contributed by atoms with Gasteiger partial charge in [-0.1, -0.05) is 34.1 Å². The number of nitrogens with one attached hydrogen (secondary N) is 3. The predicted molar refractivity (Wildman–Crippen MR) is 126 cm³/mol. The van der Waals surface area contributed by atoms with Crippen molar-refractivity contribution in [3.05, 3.63) is 0 Å². The molecule has 0 saturated heterocycles. The molecule has 5 atom stereocenters. The maximum absolute atomic E-state index is 12.9. The van der Waals surface area contributed by atoms with Crippen LogP contribution in [-0.4, -0.2) is 76.0 Å². The highest BCUT2D eigenvalue weighted by atomic mass is 32.2. The van der Waals surface area contributed by atoms with Gasteiger partial charge in [0.1, 0.15) is 18.1 Å². The van der Waals surface area contributed by atoms with Gasteiger partial charge in [0.15, 0.2) is 0 Å². The molecule has 0 aromatic rings. The van der Waals surface area contributed by atoms with E-state index in [1.54, 1.807) is 13.8 Å². The molecule has 7 N–H and O–H groups in total. The highest BCUT2D eigenvalue weighted by molar-refractivity contribution is 7.98. The summed E-state index contributed by atoms with van der Waals surface area (Å²) in [5.74, 6) is -4.45. The van der Waals surface area contributed by atoms with Crippen molar-refractivity contribution in [2.45, 2.75) is 77.5 Å². The van der Waals surface area contributed by atoms with Crippen LogP contribution in [0.2, 0.25) is 0 Å². The van der Waals surface area contributed by atoms with Crippen LogP contribution in [0.4, 0.5) is 0 Å². The Morgan fingerprint density at radius 3 is 1.85 bits per heavy atom. The number of nitrogens with two attached hydrogens (primary N) is 1. The van der Waals surface area contributed by atoms with Gasteiger partial charge in [-0.3, -0.25) is 19.2 Å². The first kappa shape index (κ1) is 30.7. The fourth-order valence-corrected chi connectivity index (χ4v) is 3.38. The maximum Gasteiger partial charge on any atom is 0.326 e. The topological polar surface area (TPSA) is 188 Å². The minimum absolute atomic E-state index is 0.0419. The Morgan fingerprint density at radius 1 is 0.879 bits per heavy atom. The van der Waals surface area contributed by atoms with E-state index in [0.29, 0.717) is 12.2 Å². The molecule has 33 heavy (non-hydrogen) atoms. The van der Waals surface area contributed by atoms with Crippen molar-refractivity contribution in [3.8, 4) is 0 Å². The molecule has 0 radical (unpaired) electrons. The number of thioether (sulfide) groups is 1. The van der Waals surface area contributed by atoms with E-state index in [1.807, 2.05) is 20.1 Å². The van der Waals surface area contributed by atoms with Crippen LogP contribution in [0, 0.1) is 11.8 Å². The molecule has 190 valence electrons. The molecule has 0 aliphatic heterocycles. The van der Waals surface area contributed by atoms with Crippen LogP contribution in [0.3, 0.4) is 0 Å². The van der Waals surface area contributed by atoms with Crippen molar-refractivity contribution in [2.75, 3.05) is 12.0 Å². The fourth-order valence-electron chi connectivity index (χ4n) is 2.91. The molecular weight excluding hydrogens is 452 g/mol. The average molecular weight is 491 g/mol. The Morgan fingerprint density at radius 2 is 1.39 bits per heavy atom. The van der Waals surface area contributed by atoms with Crippen LogP contribution in [0.25, 0.3) is 0 Å². The third-order valence-corrected chi connectivity index (χ3v) is 5.78. The van der Waals surface area contributed by atoms with Crippen molar-refractivity contribution >= 4 is 41.4 Å². The number of aliphatic carboxylic acids is 2. The molecule has 0 aliphatic carbocycles. The Kier molecular flexibility index (Phi) is 14.4. The quantitative estimate of drug-likeness (QED) is 0.175.